The maximum absolute atomic E-state index is 6.56. The normalized spacial score (nSPS) is 31.5. The molecule has 0 spiro atoms. The van der Waals surface area contributed by atoms with Gasteiger partial charge in [-0.25, -0.2) is 5.89 Å². The Labute approximate surface area is 68.0 Å². The van der Waals surface area contributed by atoms with Crippen LogP contribution in [0.15, 0.2) is 0 Å². The van der Waals surface area contributed by atoms with E-state index in [9.17, 15) is 0 Å². The summed E-state index contributed by atoms with van der Waals surface area (Å²) >= 11 is 0. The minimum atomic E-state index is -0.520. The molecule has 0 radical (unpaired) electrons. The van der Waals surface area contributed by atoms with Crippen LogP contribution in [0.25, 0.3) is 0 Å². The molecular formula is C7H15NO3. The zero-order chi connectivity index (χ0) is 9.03. The highest BCUT2D eigenvalue weighted by molar-refractivity contribution is 4.67. The van der Waals surface area contributed by atoms with Crippen molar-refractivity contribution in [3.8, 4) is 0 Å². The second-order valence-electron chi connectivity index (χ2n) is 3.09. The SMILES string of the molecule is [2H]NOC[C@H]1CCOC(C)(C)O1. The zero-order valence-electron chi connectivity index (χ0n) is 7.92. The van der Waals surface area contributed by atoms with Crippen LogP contribution in [-0.4, -0.2) is 25.1 Å². The maximum Gasteiger partial charge on any atom is 0.163 e. The van der Waals surface area contributed by atoms with E-state index in [1.807, 2.05) is 19.7 Å². The van der Waals surface area contributed by atoms with Crippen LogP contribution in [0.5, 0.6) is 0 Å². The summed E-state index contributed by atoms with van der Waals surface area (Å²) in [6.07, 6.45) is 0.831. The Kier molecular flexibility index (Phi) is 2.38. The predicted molar refractivity (Wildman–Crippen MR) is 39.7 cm³/mol. The summed E-state index contributed by atoms with van der Waals surface area (Å²) < 4.78 is 17.4. The van der Waals surface area contributed by atoms with Gasteiger partial charge in [0.25, 0.3) is 0 Å². The fraction of sp³-hybridized carbons (Fsp3) is 1.00. The summed E-state index contributed by atoms with van der Waals surface area (Å²) in [4.78, 5) is 4.70. The highest BCUT2D eigenvalue weighted by atomic mass is 16.7. The minimum absolute atomic E-state index is 0.0200. The van der Waals surface area contributed by atoms with Crippen LogP contribution >= 0.6 is 0 Å². The number of hydrogen-bond donors (Lipinski definition) is 1. The molecule has 1 aliphatic heterocycles. The van der Waals surface area contributed by atoms with Crippen LogP contribution in [0.3, 0.4) is 0 Å². The molecule has 4 heteroatoms. The van der Waals surface area contributed by atoms with Gasteiger partial charge in [-0.3, -0.25) is 0 Å². The lowest BCUT2D eigenvalue weighted by Gasteiger charge is -2.35. The Morgan fingerprint density at radius 3 is 3.27 bits per heavy atom. The first kappa shape index (κ1) is 7.49. The molecule has 0 aromatic heterocycles. The molecule has 0 amide bonds. The fourth-order valence-corrected chi connectivity index (χ4v) is 1.14. The van der Waals surface area contributed by atoms with Crippen molar-refractivity contribution >= 4 is 0 Å². The number of hydrogen-bond acceptors (Lipinski definition) is 4. The zero-order valence-corrected chi connectivity index (χ0v) is 6.92. The van der Waals surface area contributed by atoms with E-state index in [1.165, 1.54) is 0 Å². The Bertz CT molecular complexity index is 143. The molecule has 4 nitrogen and oxygen atoms in total. The number of ether oxygens (including phenoxy) is 2. The van der Waals surface area contributed by atoms with Crippen molar-refractivity contribution in [3.05, 3.63) is 0 Å². The van der Waals surface area contributed by atoms with Gasteiger partial charge in [0, 0.05) is 0 Å². The van der Waals surface area contributed by atoms with E-state index in [0.29, 0.717) is 13.2 Å². The minimum Gasteiger partial charge on any atom is -0.350 e. The average molecular weight is 162 g/mol. The molecule has 0 aliphatic carbocycles. The van der Waals surface area contributed by atoms with Crippen molar-refractivity contribution in [2.75, 3.05) is 13.2 Å². The number of rotatable bonds is 3. The van der Waals surface area contributed by atoms with Crippen LogP contribution < -0.4 is 5.89 Å². The van der Waals surface area contributed by atoms with Crippen molar-refractivity contribution < 1.29 is 15.7 Å². The summed E-state index contributed by atoms with van der Waals surface area (Å²) in [5, 5.41) is 0. The highest BCUT2D eigenvalue weighted by Crippen LogP contribution is 2.21. The van der Waals surface area contributed by atoms with Crippen molar-refractivity contribution in [3.63, 3.8) is 0 Å². The molecule has 1 rings (SSSR count). The molecule has 0 saturated carbocycles. The maximum atomic E-state index is 6.56. The van der Waals surface area contributed by atoms with Crippen LogP contribution in [0.1, 0.15) is 20.3 Å². The first-order valence-corrected chi connectivity index (χ1v) is 3.74. The largest absolute Gasteiger partial charge is 0.350 e. The quantitative estimate of drug-likeness (QED) is 0.611. The fourth-order valence-electron chi connectivity index (χ4n) is 1.14. The molecule has 1 saturated heterocycles. The Morgan fingerprint density at radius 2 is 2.64 bits per heavy atom. The molecule has 11 heavy (non-hydrogen) atoms. The molecule has 1 fully saturated rings. The Morgan fingerprint density at radius 1 is 1.82 bits per heavy atom. The summed E-state index contributed by atoms with van der Waals surface area (Å²) in [6.45, 7) is 4.80. The van der Waals surface area contributed by atoms with Crippen LogP contribution in [0.2, 0.25) is 1.41 Å². The van der Waals surface area contributed by atoms with Crippen molar-refractivity contribution in [2.45, 2.75) is 32.2 Å². The predicted octanol–water partition coefficient (Wildman–Crippen LogP) is 0.418. The lowest BCUT2D eigenvalue weighted by Crippen LogP contribution is -2.42. The summed E-state index contributed by atoms with van der Waals surface area (Å²) in [5.74, 6) is 1.35. The third-order valence-corrected chi connectivity index (χ3v) is 1.61. The Balaban J connectivity index is 2.26. The third-order valence-electron chi connectivity index (χ3n) is 1.61. The molecule has 0 bridgehead atoms. The summed E-state index contributed by atoms with van der Waals surface area (Å²) in [6, 6.07) is 0. The Hall–Kier alpha value is -0.160. The van der Waals surface area contributed by atoms with E-state index >= 15 is 0 Å². The molecule has 0 unspecified atom stereocenters. The second kappa shape index (κ2) is 3.49. The van der Waals surface area contributed by atoms with Gasteiger partial charge < -0.3 is 14.3 Å². The van der Waals surface area contributed by atoms with Gasteiger partial charge in [0.05, 0.1) is 19.3 Å². The number of nitrogens with two attached hydrogens (primary N) is 1. The molecule has 0 aromatic carbocycles. The standard InChI is InChI=1S/C7H15NO3/c1-7(2)9-4-3-6(11-7)5-10-8/h6H,3-5,8H2,1-2H3/t6-/m1/s1/i8D. The van der Waals surface area contributed by atoms with Gasteiger partial charge in [0.15, 0.2) is 7.20 Å². The van der Waals surface area contributed by atoms with Crippen molar-refractivity contribution in [2.24, 2.45) is 5.89 Å². The lowest BCUT2D eigenvalue weighted by atomic mass is 10.2. The summed E-state index contributed by atoms with van der Waals surface area (Å²) in [7, 11) is 0. The molecule has 0 aromatic rings. The lowest BCUT2D eigenvalue weighted by molar-refractivity contribution is -0.280. The van der Waals surface area contributed by atoms with Gasteiger partial charge >= 0.3 is 0 Å². The molecular weight excluding hydrogens is 146 g/mol. The van der Waals surface area contributed by atoms with Crippen molar-refractivity contribution in [1.82, 2.24) is 0 Å². The molecule has 1 aliphatic rings. The van der Waals surface area contributed by atoms with E-state index in [2.05, 4.69) is 0 Å². The van der Waals surface area contributed by atoms with Gasteiger partial charge in [-0.05, 0) is 20.3 Å². The van der Waals surface area contributed by atoms with Gasteiger partial charge in [-0.1, -0.05) is 0 Å². The summed E-state index contributed by atoms with van der Waals surface area (Å²) in [5.41, 5.74) is 0. The second-order valence-corrected chi connectivity index (χ2v) is 3.09. The van der Waals surface area contributed by atoms with Gasteiger partial charge in [-0.2, -0.15) is 0 Å². The topological polar surface area (TPSA) is 53.7 Å². The van der Waals surface area contributed by atoms with Gasteiger partial charge in [-0.15, -0.1) is 0 Å². The average Bonchev–Trinajstić information content (AvgIpc) is 1.99. The van der Waals surface area contributed by atoms with E-state index < -0.39 is 5.79 Å². The van der Waals surface area contributed by atoms with E-state index in [-0.39, 0.29) is 6.10 Å². The van der Waals surface area contributed by atoms with Gasteiger partial charge in [0.1, 0.15) is 0 Å². The van der Waals surface area contributed by atoms with E-state index in [4.69, 9.17) is 15.7 Å². The van der Waals surface area contributed by atoms with Crippen LogP contribution in [-0.2, 0) is 14.3 Å². The van der Waals surface area contributed by atoms with Gasteiger partial charge in [0.2, 0.25) is 0 Å². The molecule has 1 heterocycles. The molecule has 1 atom stereocenters. The van der Waals surface area contributed by atoms with Crippen molar-refractivity contribution in [1.29, 1.82) is 0 Å². The third kappa shape index (κ3) is 2.75. The first-order chi connectivity index (χ1) is 5.64. The smallest absolute Gasteiger partial charge is 0.163 e. The van der Waals surface area contributed by atoms with E-state index in [0.717, 1.165) is 6.42 Å². The molecule has 66 valence electrons. The van der Waals surface area contributed by atoms with Crippen LogP contribution in [0, 0.1) is 0 Å². The first-order valence-electron chi connectivity index (χ1n) is 4.24. The monoisotopic (exact) mass is 162 g/mol. The van der Waals surface area contributed by atoms with E-state index in [1.54, 1.807) is 0 Å². The molecule has 2 N–H and O–H groups in total. The van der Waals surface area contributed by atoms with Crippen LogP contribution in [0.4, 0.5) is 0 Å². The highest BCUT2D eigenvalue weighted by Gasteiger charge is 2.29.